The van der Waals surface area contributed by atoms with Crippen LogP contribution in [0.2, 0.25) is 0 Å². The van der Waals surface area contributed by atoms with Gasteiger partial charge < -0.3 is 10.2 Å². The first-order chi connectivity index (χ1) is 8.41. The molecule has 0 radical (unpaired) electrons. The van der Waals surface area contributed by atoms with Gasteiger partial charge in [-0.2, -0.15) is 0 Å². The van der Waals surface area contributed by atoms with E-state index in [-0.39, 0.29) is 11.1 Å². The number of aliphatic carboxylic acids is 2. The predicted octanol–water partition coefficient (Wildman–Crippen LogP) is 1.11. The standard InChI is InChI=1S/C11H11NO6/c13-10(14)5-9(11(15)16)8-4-2-1-3-7(8)6-12(17)18/h1-4,9H,5-6H2,(H,13,14)(H,15,16). The summed E-state index contributed by atoms with van der Waals surface area (Å²) in [6.45, 7) is -0.528. The van der Waals surface area contributed by atoms with Crippen LogP contribution in [0.5, 0.6) is 0 Å². The van der Waals surface area contributed by atoms with Gasteiger partial charge in [0.2, 0.25) is 6.54 Å². The van der Waals surface area contributed by atoms with E-state index in [0.717, 1.165) is 0 Å². The molecule has 7 heteroatoms. The van der Waals surface area contributed by atoms with Gasteiger partial charge in [0.25, 0.3) is 0 Å². The molecule has 0 aliphatic carbocycles. The van der Waals surface area contributed by atoms with Crippen LogP contribution < -0.4 is 0 Å². The average molecular weight is 253 g/mol. The van der Waals surface area contributed by atoms with Crippen molar-refractivity contribution >= 4 is 11.9 Å². The molecule has 0 heterocycles. The van der Waals surface area contributed by atoms with Crippen molar-refractivity contribution in [3.8, 4) is 0 Å². The van der Waals surface area contributed by atoms with Gasteiger partial charge in [-0.25, -0.2) is 0 Å². The van der Waals surface area contributed by atoms with Crippen LogP contribution in [0.4, 0.5) is 0 Å². The van der Waals surface area contributed by atoms with Gasteiger partial charge in [0.05, 0.1) is 12.3 Å². The van der Waals surface area contributed by atoms with Gasteiger partial charge in [0.15, 0.2) is 0 Å². The Hall–Kier alpha value is -2.44. The van der Waals surface area contributed by atoms with Gasteiger partial charge in [0.1, 0.15) is 0 Å². The fourth-order valence-electron chi connectivity index (χ4n) is 1.66. The largest absolute Gasteiger partial charge is 0.481 e. The van der Waals surface area contributed by atoms with Crippen molar-refractivity contribution in [1.82, 2.24) is 0 Å². The number of rotatable bonds is 6. The number of nitrogens with zero attached hydrogens (tertiary/aromatic N) is 1. The van der Waals surface area contributed by atoms with Gasteiger partial charge >= 0.3 is 11.9 Å². The highest BCUT2D eigenvalue weighted by atomic mass is 16.6. The number of nitro groups is 1. The quantitative estimate of drug-likeness (QED) is 0.579. The maximum atomic E-state index is 11.0. The highest BCUT2D eigenvalue weighted by molar-refractivity contribution is 5.82. The van der Waals surface area contributed by atoms with Crippen LogP contribution in [0, 0.1) is 10.1 Å². The molecule has 2 N–H and O–H groups in total. The lowest BCUT2D eigenvalue weighted by Crippen LogP contribution is -2.18. The summed E-state index contributed by atoms with van der Waals surface area (Å²) in [6.07, 6.45) is -0.607. The SMILES string of the molecule is O=C(O)CC(C(=O)O)c1ccccc1C[N+](=O)[O-]. The van der Waals surface area contributed by atoms with E-state index in [1.54, 1.807) is 6.07 Å². The smallest absolute Gasteiger partial charge is 0.311 e. The van der Waals surface area contributed by atoms with Gasteiger partial charge in [0, 0.05) is 10.5 Å². The van der Waals surface area contributed by atoms with E-state index in [2.05, 4.69) is 0 Å². The predicted molar refractivity (Wildman–Crippen MR) is 59.8 cm³/mol. The van der Waals surface area contributed by atoms with Crippen molar-refractivity contribution in [1.29, 1.82) is 0 Å². The Balaban J connectivity index is 3.14. The highest BCUT2D eigenvalue weighted by Crippen LogP contribution is 2.24. The maximum Gasteiger partial charge on any atom is 0.311 e. The summed E-state index contributed by atoms with van der Waals surface area (Å²) in [5.74, 6) is -3.86. The average Bonchev–Trinajstić information content (AvgIpc) is 2.25. The Morgan fingerprint density at radius 2 is 1.89 bits per heavy atom. The molecule has 0 aliphatic heterocycles. The van der Waals surface area contributed by atoms with Crippen LogP contribution in [0.1, 0.15) is 23.5 Å². The molecule has 1 atom stereocenters. The number of carboxylic acids is 2. The van der Waals surface area contributed by atoms with E-state index >= 15 is 0 Å². The van der Waals surface area contributed by atoms with Crippen molar-refractivity contribution in [2.45, 2.75) is 18.9 Å². The Bertz CT molecular complexity index is 484. The molecule has 18 heavy (non-hydrogen) atoms. The summed E-state index contributed by atoms with van der Waals surface area (Å²) in [4.78, 5) is 31.6. The molecular weight excluding hydrogens is 242 g/mol. The summed E-state index contributed by atoms with van der Waals surface area (Å²) < 4.78 is 0. The highest BCUT2D eigenvalue weighted by Gasteiger charge is 2.26. The molecule has 0 bridgehead atoms. The van der Waals surface area contributed by atoms with Crippen LogP contribution in [-0.2, 0) is 16.1 Å². The molecule has 1 unspecified atom stereocenters. The second-order valence-electron chi connectivity index (χ2n) is 3.68. The molecule has 0 aromatic heterocycles. The van der Waals surface area contributed by atoms with Crippen LogP contribution >= 0.6 is 0 Å². The zero-order valence-corrected chi connectivity index (χ0v) is 9.28. The van der Waals surface area contributed by atoms with Gasteiger partial charge in [-0.1, -0.05) is 24.3 Å². The maximum absolute atomic E-state index is 11.0. The number of hydrogen-bond donors (Lipinski definition) is 2. The summed E-state index contributed by atoms with van der Waals surface area (Å²) >= 11 is 0. The minimum absolute atomic E-state index is 0.170. The molecule has 96 valence electrons. The van der Waals surface area contributed by atoms with Crippen LogP contribution in [-0.4, -0.2) is 27.1 Å². The lowest BCUT2D eigenvalue weighted by Gasteiger charge is -2.13. The van der Waals surface area contributed by atoms with Gasteiger partial charge in [-0.15, -0.1) is 0 Å². The molecule has 0 fully saturated rings. The third-order valence-electron chi connectivity index (χ3n) is 2.41. The van der Waals surface area contributed by atoms with Crippen molar-refractivity contribution in [2.75, 3.05) is 0 Å². The van der Waals surface area contributed by atoms with Crippen molar-refractivity contribution in [3.63, 3.8) is 0 Å². The fraction of sp³-hybridized carbons (Fsp3) is 0.273. The second-order valence-corrected chi connectivity index (χ2v) is 3.68. The Morgan fingerprint density at radius 3 is 2.39 bits per heavy atom. The first-order valence-corrected chi connectivity index (χ1v) is 5.06. The topological polar surface area (TPSA) is 118 Å². The zero-order chi connectivity index (χ0) is 13.7. The second kappa shape index (κ2) is 5.76. The molecule has 0 aliphatic rings. The third kappa shape index (κ3) is 3.55. The number of benzene rings is 1. The van der Waals surface area contributed by atoms with Gasteiger partial charge in [-0.3, -0.25) is 19.7 Å². The molecule has 0 spiro atoms. The summed E-state index contributed by atoms with van der Waals surface area (Å²) in [6, 6.07) is 5.90. The zero-order valence-electron chi connectivity index (χ0n) is 9.28. The summed E-state index contributed by atoms with van der Waals surface area (Å²) in [7, 11) is 0. The number of carbonyl (C=O) groups is 2. The molecule has 0 saturated carbocycles. The first kappa shape index (κ1) is 13.6. The lowest BCUT2D eigenvalue weighted by atomic mass is 9.91. The summed E-state index contributed by atoms with van der Waals surface area (Å²) in [5, 5.41) is 28.1. The number of hydrogen-bond acceptors (Lipinski definition) is 4. The van der Waals surface area contributed by atoms with Crippen molar-refractivity contribution < 1.29 is 24.7 Å². The molecule has 7 nitrogen and oxygen atoms in total. The fourth-order valence-corrected chi connectivity index (χ4v) is 1.66. The Labute approximate surface area is 102 Å². The van der Waals surface area contributed by atoms with Gasteiger partial charge in [-0.05, 0) is 5.56 Å². The van der Waals surface area contributed by atoms with E-state index in [1.807, 2.05) is 0 Å². The van der Waals surface area contributed by atoms with E-state index in [4.69, 9.17) is 10.2 Å². The van der Waals surface area contributed by atoms with E-state index < -0.39 is 35.7 Å². The minimum Gasteiger partial charge on any atom is -0.481 e. The third-order valence-corrected chi connectivity index (χ3v) is 2.41. The van der Waals surface area contributed by atoms with E-state index in [1.165, 1.54) is 18.2 Å². The molecular formula is C11H11NO6. The monoisotopic (exact) mass is 253 g/mol. The Morgan fingerprint density at radius 1 is 1.28 bits per heavy atom. The van der Waals surface area contributed by atoms with Crippen LogP contribution in [0.3, 0.4) is 0 Å². The molecule has 1 aromatic carbocycles. The van der Waals surface area contributed by atoms with Crippen molar-refractivity contribution in [3.05, 3.63) is 45.5 Å². The molecule has 0 amide bonds. The van der Waals surface area contributed by atoms with Crippen LogP contribution in [0.25, 0.3) is 0 Å². The first-order valence-electron chi connectivity index (χ1n) is 5.06. The lowest BCUT2D eigenvalue weighted by molar-refractivity contribution is -0.496. The summed E-state index contributed by atoms with van der Waals surface area (Å²) in [5.41, 5.74) is 0.389. The van der Waals surface area contributed by atoms with E-state index in [9.17, 15) is 19.7 Å². The minimum atomic E-state index is -1.31. The molecule has 1 aromatic rings. The van der Waals surface area contributed by atoms with Crippen molar-refractivity contribution in [2.24, 2.45) is 0 Å². The van der Waals surface area contributed by atoms with E-state index in [0.29, 0.717) is 0 Å². The normalized spacial score (nSPS) is 11.8. The number of carboxylic acid groups (broad SMARTS) is 2. The Kier molecular flexibility index (Phi) is 4.36. The molecule has 1 rings (SSSR count). The van der Waals surface area contributed by atoms with Crippen LogP contribution in [0.15, 0.2) is 24.3 Å². The molecule has 0 saturated heterocycles.